The highest BCUT2D eigenvalue weighted by Crippen LogP contribution is 2.39. The van der Waals surface area contributed by atoms with Gasteiger partial charge in [0.1, 0.15) is 0 Å². The summed E-state index contributed by atoms with van der Waals surface area (Å²) in [5, 5.41) is 14.4. The number of amides is 5. The number of nitrogens with one attached hydrogen (secondary N) is 2. The van der Waals surface area contributed by atoms with Gasteiger partial charge in [0.15, 0.2) is 0 Å². The lowest BCUT2D eigenvalue weighted by Gasteiger charge is -2.41. The topological polar surface area (TPSA) is 136 Å². The first-order valence-corrected chi connectivity index (χ1v) is 14.9. The van der Waals surface area contributed by atoms with Crippen LogP contribution in [0.1, 0.15) is 111 Å². The molecule has 2 aromatic carbocycles. The number of carbonyl (C=O) groups is 5. The molecule has 0 atom stereocenters. The van der Waals surface area contributed by atoms with E-state index in [1.54, 1.807) is 56.3 Å². The van der Waals surface area contributed by atoms with Gasteiger partial charge in [-0.05, 0) is 86.8 Å². The van der Waals surface area contributed by atoms with Crippen LogP contribution in [0.4, 0.5) is 10.5 Å². The van der Waals surface area contributed by atoms with Crippen LogP contribution in [0.5, 0.6) is 0 Å². The molecule has 1 saturated carbocycles. The Hall–Kier alpha value is -4.21. The van der Waals surface area contributed by atoms with Gasteiger partial charge in [0, 0.05) is 36.4 Å². The van der Waals surface area contributed by atoms with Crippen LogP contribution in [0.3, 0.4) is 0 Å². The average Bonchev–Trinajstić information content (AvgIpc) is 3.20. The van der Waals surface area contributed by atoms with Gasteiger partial charge in [-0.3, -0.25) is 24.1 Å². The zero-order valence-electron chi connectivity index (χ0n) is 25.6. The molecule has 1 aliphatic carbocycles. The Morgan fingerprint density at radius 1 is 0.955 bits per heavy atom. The minimum atomic E-state index is -0.983. The number of hydrogen-bond acceptors (Lipinski definition) is 5. The summed E-state index contributed by atoms with van der Waals surface area (Å²) in [7, 11) is 0. The summed E-state index contributed by atoms with van der Waals surface area (Å²) in [4.78, 5) is 65.6. The molecule has 5 amide bonds. The van der Waals surface area contributed by atoms with Gasteiger partial charge in [-0.2, -0.15) is 0 Å². The van der Waals surface area contributed by atoms with Crippen LogP contribution in [0.2, 0.25) is 0 Å². The van der Waals surface area contributed by atoms with Gasteiger partial charge in [0.2, 0.25) is 0 Å². The van der Waals surface area contributed by atoms with Gasteiger partial charge in [-0.25, -0.2) is 4.79 Å². The fourth-order valence-corrected chi connectivity index (χ4v) is 5.96. The molecule has 0 saturated heterocycles. The van der Waals surface area contributed by atoms with Gasteiger partial charge >= 0.3 is 12.0 Å². The minimum absolute atomic E-state index is 0. The molecule has 0 radical (unpaired) electrons. The van der Waals surface area contributed by atoms with Crippen molar-refractivity contribution in [3.8, 4) is 0 Å². The van der Waals surface area contributed by atoms with Gasteiger partial charge in [-0.1, -0.05) is 40.3 Å². The normalized spacial score (nSPS) is 18.0. The van der Waals surface area contributed by atoms with Crippen LogP contribution in [-0.2, 0) is 11.3 Å². The third-order valence-corrected chi connectivity index (χ3v) is 8.50. The predicted molar refractivity (Wildman–Crippen MR) is 170 cm³/mol. The lowest BCUT2D eigenvalue weighted by molar-refractivity contribution is -0.136. The van der Waals surface area contributed by atoms with Crippen LogP contribution in [0.15, 0.2) is 42.5 Å². The maximum absolute atomic E-state index is 13.8. The zero-order chi connectivity index (χ0) is 31.5. The SMILES string of the molecule is C.CC(C)N1C(=O)c2ccc(NC(=O)N(Cc3ccc(C(=O)NCCC(=O)O)cc3)C3CCC(C(C)(C)C)CC3)cc2C1=O. The number of fused-ring (bicyclic) bond motifs is 1. The largest absolute Gasteiger partial charge is 0.481 e. The fraction of sp³-hybridized carbons (Fsp3) is 0.500. The molecule has 1 fully saturated rings. The number of rotatable bonds is 9. The van der Waals surface area contributed by atoms with Crippen molar-refractivity contribution in [2.45, 2.75) is 92.8 Å². The van der Waals surface area contributed by atoms with Crippen LogP contribution >= 0.6 is 0 Å². The molecule has 0 aromatic heterocycles. The Labute approximate surface area is 260 Å². The number of carboxylic acid groups (broad SMARTS) is 1. The summed E-state index contributed by atoms with van der Waals surface area (Å²) in [6.45, 7) is 10.7. The fourth-order valence-electron chi connectivity index (χ4n) is 5.96. The molecule has 1 aliphatic heterocycles. The van der Waals surface area contributed by atoms with Crippen molar-refractivity contribution in [3.63, 3.8) is 0 Å². The lowest BCUT2D eigenvalue weighted by atomic mass is 9.71. The molecule has 2 aromatic rings. The molecule has 1 heterocycles. The Balaban J connectivity index is 0.00000529. The maximum atomic E-state index is 13.8. The van der Waals surface area contributed by atoms with Crippen molar-refractivity contribution in [1.29, 1.82) is 0 Å². The third kappa shape index (κ3) is 7.84. The molecule has 0 bridgehead atoms. The maximum Gasteiger partial charge on any atom is 0.322 e. The summed E-state index contributed by atoms with van der Waals surface area (Å²) < 4.78 is 0. The Bertz CT molecular complexity index is 1390. The predicted octanol–water partition coefficient (Wildman–Crippen LogP) is 6.17. The highest BCUT2D eigenvalue weighted by Gasteiger charge is 2.38. The second kappa shape index (κ2) is 14.1. The summed E-state index contributed by atoms with van der Waals surface area (Å²) in [6, 6.07) is 11.2. The summed E-state index contributed by atoms with van der Waals surface area (Å²) in [6.07, 6.45) is 3.58. The van der Waals surface area contributed by atoms with E-state index >= 15 is 0 Å². The van der Waals surface area contributed by atoms with E-state index in [1.807, 2.05) is 4.90 Å². The first-order valence-electron chi connectivity index (χ1n) is 14.9. The van der Waals surface area contributed by atoms with Crippen LogP contribution in [0, 0.1) is 11.3 Å². The van der Waals surface area contributed by atoms with E-state index in [0.29, 0.717) is 29.3 Å². The Morgan fingerprint density at radius 2 is 1.57 bits per heavy atom. The standard InChI is InChI=1S/C33H42N4O6.CH4/c1-20(2)37-30(41)26-15-12-24(18-27(26)31(37)42)35-32(43)36(25-13-10-23(11-14-25)33(3,4)5)19-21-6-8-22(9-7-21)29(40)34-17-16-28(38)39;/h6-9,12,15,18,20,23,25H,10-11,13-14,16-17,19H2,1-5H3,(H,34,40)(H,35,43)(H,38,39);1H4. The number of anilines is 1. The van der Waals surface area contributed by atoms with E-state index < -0.39 is 5.97 Å². The molecule has 10 nitrogen and oxygen atoms in total. The van der Waals surface area contributed by atoms with E-state index in [1.165, 1.54) is 4.90 Å². The van der Waals surface area contributed by atoms with Crippen LogP contribution < -0.4 is 10.6 Å². The van der Waals surface area contributed by atoms with Crippen molar-refractivity contribution in [3.05, 3.63) is 64.7 Å². The van der Waals surface area contributed by atoms with Crippen molar-refractivity contribution >= 4 is 35.4 Å². The summed E-state index contributed by atoms with van der Waals surface area (Å²) in [5.74, 6) is -1.47. The van der Waals surface area contributed by atoms with Crippen LogP contribution in [0.25, 0.3) is 0 Å². The van der Waals surface area contributed by atoms with Gasteiger partial charge < -0.3 is 20.6 Å². The second-order valence-electron chi connectivity index (χ2n) is 12.9. The average molecular weight is 607 g/mol. The third-order valence-electron chi connectivity index (χ3n) is 8.50. The molecule has 44 heavy (non-hydrogen) atoms. The van der Waals surface area contributed by atoms with Crippen molar-refractivity contribution in [2.24, 2.45) is 11.3 Å². The number of urea groups is 1. The lowest BCUT2D eigenvalue weighted by Crippen LogP contribution is -2.45. The zero-order valence-corrected chi connectivity index (χ0v) is 25.6. The van der Waals surface area contributed by atoms with Gasteiger partial charge in [0.05, 0.1) is 17.5 Å². The molecule has 10 heteroatoms. The molecule has 0 spiro atoms. The van der Waals surface area contributed by atoms with E-state index in [4.69, 9.17) is 5.11 Å². The van der Waals surface area contributed by atoms with Crippen molar-refractivity contribution in [2.75, 3.05) is 11.9 Å². The number of imide groups is 1. The molecular formula is C34H46N4O6. The molecular weight excluding hydrogens is 560 g/mol. The number of nitrogens with zero attached hydrogens (tertiary/aromatic N) is 2. The highest BCUT2D eigenvalue weighted by atomic mass is 16.4. The monoisotopic (exact) mass is 606 g/mol. The molecule has 238 valence electrons. The minimum Gasteiger partial charge on any atom is -0.481 e. The van der Waals surface area contributed by atoms with Crippen molar-refractivity contribution < 1.29 is 29.1 Å². The Kier molecular flexibility index (Phi) is 10.9. The Morgan fingerprint density at radius 3 is 2.14 bits per heavy atom. The quantitative estimate of drug-likeness (QED) is 0.292. The molecule has 3 N–H and O–H groups in total. The number of hydrogen-bond donors (Lipinski definition) is 3. The van der Waals surface area contributed by atoms with E-state index in [-0.39, 0.29) is 67.2 Å². The number of benzene rings is 2. The van der Waals surface area contributed by atoms with Crippen LogP contribution in [-0.4, -0.2) is 63.3 Å². The first kappa shape index (κ1) is 34.3. The highest BCUT2D eigenvalue weighted by molar-refractivity contribution is 6.22. The summed E-state index contributed by atoms with van der Waals surface area (Å²) >= 11 is 0. The molecule has 4 rings (SSSR count). The summed E-state index contributed by atoms with van der Waals surface area (Å²) in [5.41, 5.74) is 2.50. The van der Waals surface area contributed by atoms with E-state index in [0.717, 1.165) is 31.2 Å². The van der Waals surface area contributed by atoms with Crippen molar-refractivity contribution in [1.82, 2.24) is 15.1 Å². The van der Waals surface area contributed by atoms with Gasteiger partial charge in [0.25, 0.3) is 17.7 Å². The number of aliphatic carboxylic acids is 1. The molecule has 0 unspecified atom stereocenters. The number of carbonyl (C=O) groups excluding carboxylic acids is 4. The second-order valence-corrected chi connectivity index (χ2v) is 12.9. The first-order chi connectivity index (χ1) is 20.3. The number of carboxylic acids is 1. The van der Waals surface area contributed by atoms with E-state index in [2.05, 4.69) is 31.4 Å². The molecule has 2 aliphatic rings. The van der Waals surface area contributed by atoms with Gasteiger partial charge in [-0.15, -0.1) is 0 Å². The smallest absolute Gasteiger partial charge is 0.322 e. The van der Waals surface area contributed by atoms with E-state index in [9.17, 15) is 24.0 Å².